The largest absolute Gasteiger partial charge is 0.463 e. The van der Waals surface area contributed by atoms with Crippen LogP contribution in [0.1, 0.15) is 42.0 Å². The molecule has 0 saturated heterocycles. The van der Waals surface area contributed by atoms with Crippen LogP contribution in [0.5, 0.6) is 0 Å². The molecule has 1 aliphatic rings. The second kappa shape index (κ2) is 5.96. The third-order valence-corrected chi connectivity index (χ3v) is 4.20. The molecule has 22 heavy (non-hydrogen) atoms. The summed E-state index contributed by atoms with van der Waals surface area (Å²) in [5.74, 6) is 0.880. The molecule has 1 aliphatic heterocycles. The lowest BCUT2D eigenvalue weighted by molar-refractivity contribution is 0.128. The van der Waals surface area contributed by atoms with Crippen LogP contribution in [0, 0.1) is 13.8 Å². The van der Waals surface area contributed by atoms with Crippen molar-refractivity contribution in [3.8, 4) is 0 Å². The molecular weight excluding hydrogens is 270 g/mol. The Labute approximate surface area is 132 Å². The van der Waals surface area contributed by atoms with Gasteiger partial charge in [0.2, 0.25) is 0 Å². The van der Waals surface area contributed by atoms with Gasteiger partial charge in [0.15, 0.2) is 11.5 Å². The molecule has 1 heterocycles. The highest BCUT2D eigenvalue weighted by Gasteiger charge is 2.41. The normalized spacial score (nSPS) is 16.2. The van der Waals surface area contributed by atoms with Gasteiger partial charge in [0, 0.05) is 17.5 Å². The van der Waals surface area contributed by atoms with Gasteiger partial charge in [-0.05, 0) is 20.3 Å². The van der Waals surface area contributed by atoms with Crippen molar-refractivity contribution in [2.45, 2.75) is 39.2 Å². The molecule has 2 heteroatoms. The Balaban J connectivity index is 2.08. The van der Waals surface area contributed by atoms with Crippen molar-refractivity contribution in [1.29, 1.82) is 0 Å². The van der Waals surface area contributed by atoms with Crippen molar-refractivity contribution in [2.75, 3.05) is 6.54 Å². The van der Waals surface area contributed by atoms with Crippen molar-refractivity contribution in [1.82, 2.24) is 0 Å². The number of nitrogens with zero attached hydrogens (tertiary/aromatic N) is 1. The molecule has 0 N–H and O–H groups in total. The minimum absolute atomic E-state index is 0.470. The van der Waals surface area contributed by atoms with E-state index >= 15 is 0 Å². The Bertz CT molecular complexity index is 657. The van der Waals surface area contributed by atoms with Crippen LogP contribution in [-0.4, -0.2) is 12.4 Å². The first-order chi connectivity index (χ1) is 10.6. The molecule has 0 aromatic heterocycles. The molecule has 114 valence electrons. The number of rotatable bonds is 4. The summed E-state index contributed by atoms with van der Waals surface area (Å²) < 4.78 is 6.42. The Morgan fingerprint density at radius 3 is 2.09 bits per heavy atom. The van der Waals surface area contributed by atoms with E-state index in [1.807, 2.05) is 0 Å². The first-order valence-corrected chi connectivity index (χ1v) is 8.01. The van der Waals surface area contributed by atoms with E-state index in [4.69, 9.17) is 4.74 Å². The van der Waals surface area contributed by atoms with Crippen LogP contribution in [0.3, 0.4) is 0 Å². The Hall–Kier alpha value is -2.09. The Morgan fingerprint density at radius 2 is 1.59 bits per heavy atom. The molecule has 0 amide bonds. The van der Waals surface area contributed by atoms with Crippen LogP contribution in [-0.2, 0) is 10.3 Å². The minimum atomic E-state index is -0.470. The molecule has 0 atom stereocenters. The number of benzene rings is 2. The summed E-state index contributed by atoms with van der Waals surface area (Å²) in [6, 6.07) is 17.2. The predicted octanol–water partition coefficient (Wildman–Crippen LogP) is 4.78. The SMILES string of the molecule is CCCC1=NCC(c2cccc(C)c2)(c2cccc(C)c2)O1. The first-order valence-electron chi connectivity index (χ1n) is 8.01. The summed E-state index contributed by atoms with van der Waals surface area (Å²) >= 11 is 0. The van der Waals surface area contributed by atoms with Crippen LogP contribution in [0.25, 0.3) is 0 Å². The lowest BCUT2D eigenvalue weighted by atomic mass is 9.85. The van der Waals surface area contributed by atoms with E-state index in [0.29, 0.717) is 6.54 Å². The zero-order chi connectivity index (χ0) is 15.6. The highest BCUT2D eigenvalue weighted by molar-refractivity contribution is 5.79. The van der Waals surface area contributed by atoms with Gasteiger partial charge in [-0.2, -0.15) is 0 Å². The van der Waals surface area contributed by atoms with Crippen molar-refractivity contribution in [3.05, 3.63) is 70.8 Å². The van der Waals surface area contributed by atoms with Crippen molar-refractivity contribution >= 4 is 5.90 Å². The first kappa shape index (κ1) is 14.8. The highest BCUT2D eigenvalue weighted by Crippen LogP contribution is 2.39. The van der Waals surface area contributed by atoms with E-state index in [0.717, 1.165) is 18.7 Å². The lowest BCUT2D eigenvalue weighted by Gasteiger charge is -2.30. The van der Waals surface area contributed by atoms with Crippen molar-refractivity contribution < 1.29 is 4.74 Å². The molecule has 0 aliphatic carbocycles. The van der Waals surface area contributed by atoms with Gasteiger partial charge in [-0.1, -0.05) is 66.6 Å². The molecule has 2 aromatic carbocycles. The van der Waals surface area contributed by atoms with Gasteiger partial charge in [0.05, 0.1) is 6.54 Å². The van der Waals surface area contributed by atoms with Gasteiger partial charge in [0.1, 0.15) is 0 Å². The van der Waals surface area contributed by atoms with E-state index in [-0.39, 0.29) is 0 Å². The Morgan fingerprint density at radius 1 is 1.00 bits per heavy atom. The molecule has 0 radical (unpaired) electrons. The van der Waals surface area contributed by atoms with Crippen LogP contribution in [0.2, 0.25) is 0 Å². The van der Waals surface area contributed by atoms with Gasteiger partial charge in [0.25, 0.3) is 0 Å². The molecule has 0 bridgehead atoms. The quantitative estimate of drug-likeness (QED) is 0.795. The van der Waals surface area contributed by atoms with Crippen LogP contribution in [0.15, 0.2) is 53.5 Å². The molecule has 0 fully saturated rings. The van der Waals surface area contributed by atoms with Gasteiger partial charge in [-0.3, -0.25) is 4.99 Å². The molecule has 2 aromatic rings. The van der Waals surface area contributed by atoms with Crippen molar-refractivity contribution in [2.24, 2.45) is 4.99 Å². The minimum Gasteiger partial charge on any atom is -0.463 e. The van der Waals surface area contributed by atoms with E-state index in [1.165, 1.54) is 22.3 Å². The summed E-state index contributed by atoms with van der Waals surface area (Å²) in [5, 5.41) is 0. The molecular formula is C20H23NO. The van der Waals surface area contributed by atoms with Crippen molar-refractivity contribution in [3.63, 3.8) is 0 Å². The maximum atomic E-state index is 6.42. The second-order valence-electron chi connectivity index (χ2n) is 6.13. The topological polar surface area (TPSA) is 21.6 Å². The zero-order valence-electron chi connectivity index (χ0n) is 13.6. The third-order valence-electron chi connectivity index (χ3n) is 4.20. The predicted molar refractivity (Wildman–Crippen MR) is 91.4 cm³/mol. The van der Waals surface area contributed by atoms with Crippen LogP contribution < -0.4 is 0 Å². The van der Waals surface area contributed by atoms with Crippen LogP contribution in [0.4, 0.5) is 0 Å². The van der Waals surface area contributed by atoms with Gasteiger partial charge in [-0.15, -0.1) is 0 Å². The number of hydrogen-bond donors (Lipinski definition) is 0. The fourth-order valence-corrected chi connectivity index (χ4v) is 3.07. The van der Waals surface area contributed by atoms with E-state index in [9.17, 15) is 0 Å². The molecule has 0 unspecified atom stereocenters. The van der Waals surface area contributed by atoms with Gasteiger partial charge < -0.3 is 4.74 Å². The zero-order valence-corrected chi connectivity index (χ0v) is 13.6. The monoisotopic (exact) mass is 293 g/mol. The fourth-order valence-electron chi connectivity index (χ4n) is 3.07. The van der Waals surface area contributed by atoms with Gasteiger partial charge >= 0.3 is 0 Å². The van der Waals surface area contributed by atoms with Crippen LogP contribution >= 0.6 is 0 Å². The molecule has 0 spiro atoms. The summed E-state index contributed by atoms with van der Waals surface area (Å²) in [5.41, 5.74) is 4.40. The van der Waals surface area contributed by atoms with E-state index in [1.54, 1.807) is 0 Å². The number of ether oxygens (including phenoxy) is 1. The second-order valence-corrected chi connectivity index (χ2v) is 6.13. The summed E-state index contributed by atoms with van der Waals surface area (Å²) in [6.07, 6.45) is 1.95. The average molecular weight is 293 g/mol. The fraction of sp³-hybridized carbons (Fsp3) is 0.350. The summed E-state index contributed by atoms with van der Waals surface area (Å²) in [7, 11) is 0. The lowest BCUT2D eigenvalue weighted by Crippen LogP contribution is -2.32. The number of hydrogen-bond acceptors (Lipinski definition) is 2. The molecule has 3 rings (SSSR count). The van der Waals surface area contributed by atoms with Gasteiger partial charge in [-0.25, -0.2) is 0 Å². The molecule has 2 nitrogen and oxygen atoms in total. The Kier molecular flexibility index (Phi) is 4.02. The summed E-state index contributed by atoms with van der Waals surface area (Å²) in [6.45, 7) is 7.06. The summed E-state index contributed by atoms with van der Waals surface area (Å²) in [4.78, 5) is 4.69. The highest BCUT2D eigenvalue weighted by atomic mass is 16.5. The maximum absolute atomic E-state index is 6.42. The smallest absolute Gasteiger partial charge is 0.185 e. The number of aryl methyl sites for hydroxylation is 2. The van der Waals surface area contributed by atoms with E-state index < -0.39 is 5.60 Å². The van der Waals surface area contributed by atoms with E-state index in [2.05, 4.69) is 74.3 Å². The average Bonchev–Trinajstić information content (AvgIpc) is 2.93. The standard InChI is InChI=1S/C20H23NO/c1-4-7-19-21-14-20(22-19,17-10-5-8-15(2)12-17)18-11-6-9-16(3)13-18/h5-6,8-13H,4,7,14H2,1-3H3. The maximum Gasteiger partial charge on any atom is 0.185 e. The molecule has 0 saturated carbocycles. The number of aliphatic imine (C=N–C) groups is 1. The third kappa shape index (κ3) is 2.66.